The van der Waals surface area contributed by atoms with Gasteiger partial charge >= 0.3 is 0 Å². The van der Waals surface area contributed by atoms with Crippen molar-refractivity contribution in [3.8, 4) is 5.75 Å². The molecule has 4 aromatic carbocycles. The third kappa shape index (κ3) is 7.54. The van der Waals surface area contributed by atoms with Crippen molar-refractivity contribution >= 4 is 66.2 Å². The summed E-state index contributed by atoms with van der Waals surface area (Å²) in [7, 11) is -8.14. The van der Waals surface area contributed by atoms with Gasteiger partial charge in [-0.1, -0.05) is 40.9 Å². The summed E-state index contributed by atoms with van der Waals surface area (Å²) in [4.78, 5) is 13.0. The first kappa shape index (κ1) is 31.2. The van der Waals surface area contributed by atoms with Gasteiger partial charge in [-0.3, -0.25) is 13.8 Å². The number of rotatable bonds is 11. The van der Waals surface area contributed by atoms with Crippen LogP contribution in [0.1, 0.15) is 12.5 Å². The molecule has 0 heterocycles. The molecule has 0 atom stereocenters. The normalized spacial score (nSPS) is 11.5. The molecule has 220 valence electrons. The van der Waals surface area contributed by atoms with E-state index in [1.165, 1.54) is 54.6 Å². The lowest BCUT2D eigenvalue weighted by molar-refractivity contribution is -0.114. The van der Waals surface area contributed by atoms with E-state index in [0.29, 0.717) is 18.0 Å². The van der Waals surface area contributed by atoms with Crippen LogP contribution in [-0.4, -0.2) is 35.9 Å². The lowest BCUT2D eigenvalue weighted by Crippen LogP contribution is -2.38. The molecule has 0 aliphatic heterocycles. The number of anilines is 3. The quantitative estimate of drug-likeness (QED) is 0.196. The van der Waals surface area contributed by atoms with E-state index < -0.39 is 32.5 Å². The number of nitrogens with zero attached hydrogens (tertiary/aromatic N) is 1. The van der Waals surface area contributed by atoms with Gasteiger partial charge in [-0.2, -0.15) is 0 Å². The Kier molecular flexibility index (Phi) is 9.67. The standard InChI is InChI=1S/C29H27Cl2N3O6S2/c1-3-40-24-11-7-23(8-12-24)33-41(36,37)25-15-9-22(10-16-25)32-29(35)19-34(28-18-21(30)6-17-27(28)31)42(38,39)26-13-4-20(2)5-14-26/h4-18,33H,3,19H2,1-2H3,(H,32,35). The van der Waals surface area contributed by atoms with Crippen LogP contribution in [0.2, 0.25) is 10.0 Å². The van der Waals surface area contributed by atoms with Crippen molar-refractivity contribution in [3.63, 3.8) is 0 Å². The predicted molar refractivity (Wildman–Crippen MR) is 166 cm³/mol. The zero-order chi connectivity index (χ0) is 30.5. The molecule has 0 fully saturated rings. The van der Waals surface area contributed by atoms with Gasteiger partial charge in [0.05, 0.1) is 27.1 Å². The van der Waals surface area contributed by atoms with Crippen molar-refractivity contribution in [2.75, 3.05) is 27.5 Å². The minimum Gasteiger partial charge on any atom is -0.494 e. The fourth-order valence-electron chi connectivity index (χ4n) is 3.86. The average molecular weight is 649 g/mol. The molecule has 0 saturated carbocycles. The van der Waals surface area contributed by atoms with Gasteiger partial charge in [0.1, 0.15) is 12.3 Å². The maximum Gasteiger partial charge on any atom is 0.264 e. The smallest absolute Gasteiger partial charge is 0.264 e. The van der Waals surface area contributed by atoms with E-state index in [2.05, 4.69) is 10.0 Å². The number of benzene rings is 4. The van der Waals surface area contributed by atoms with Crippen molar-refractivity contribution in [2.45, 2.75) is 23.6 Å². The second kappa shape index (κ2) is 13.0. The van der Waals surface area contributed by atoms with Crippen molar-refractivity contribution in [1.82, 2.24) is 0 Å². The van der Waals surface area contributed by atoms with Crippen molar-refractivity contribution in [2.24, 2.45) is 0 Å². The van der Waals surface area contributed by atoms with E-state index in [9.17, 15) is 21.6 Å². The van der Waals surface area contributed by atoms with Crippen LogP contribution in [0.5, 0.6) is 5.75 Å². The lowest BCUT2D eigenvalue weighted by Gasteiger charge is -2.25. The summed E-state index contributed by atoms with van der Waals surface area (Å²) in [5, 5.41) is 2.92. The predicted octanol–water partition coefficient (Wildman–Crippen LogP) is 6.34. The second-order valence-corrected chi connectivity index (χ2v) is 13.4. The number of halogens is 2. The van der Waals surface area contributed by atoms with Crippen LogP contribution >= 0.6 is 23.2 Å². The second-order valence-electron chi connectivity index (χ2n) is 9.06. The summed E-state index contributed by atoms with van der Waals surface area (Å²) in [5.74, 6) is -0.0757. The monoisotopic (exact) mass is 647 g/mol. The molecular weight excluding hydrogens is 621 g/mol. The van der Waals surface area contributed by atoms with E-state index >= 15 is 0 Å². The highest BCUT2D eigenvalue weighted by Crippen LogP contribution is 2.33. The molecule has 13 heteroatoms. The number of amides is 1. The van der Waals surface area contributed by atoms with Crippen LogP contribution in [-0.2, 0) is 24.8 Å². The van der Waals surface area contributed by atoms with Gasteiger partial charge in [-0.15, -0.1) is 0 Å². The molecule has 0 saturated heterocycles. The van der Waals surface area contributed by atoms with Crippen molar-refractivity contribution in [1.29, 1.82) is 0 Å². The number of hydrogen-bond donors (Lipinski definition) is 2. The molecule has 0 aliphatic carbocycles. The summed E-state index contributed by atoms with van der Waals surface area (Å²) >= 11 is 12.5. The Balaban J connectivity index is 1.52. The van der Waals surface area contributed by atoms with Gasteiger partial charge in [-0.05, 0) is 92.7 Å². The van der Waals surface area contributed by atoms with E-state index in [1.807, 2.05) is 13.8 Å². The SMILES string of the molecule is CCOc1ccc(NS(=O)(=O)c2ccc(NC(=O)CN(c3cc(Cl)ccc3Cl)S(=O)(=O)c3ccc(C)cc3)cc2)cc1. The number of sulfonamides is 2. The van der Waals surface area contributed by atoms with Crippen LogP contribution < -0.4 is 19.1 Å². The topological polar surface area (TPSA) is 122 Å². The van der Waals surface area contributed by atoms with Crippen molar-refractivity contribution < 1.29 is 26.4 Å². The highest BCUT2D eigenvalue weighted by molar-refractivity contribution is 7.93. The third-order valence-electron chi connectivity index (χ3n) is 5.94. The van der Waals surface area contributed by atoms with Crippen LogP contribution in [0.3, 0.4) is 0 Å². The summed E-state index contributed by atoms with van der Waals surface area (Å²) in [5.41, 5.74) is 1.50. The minimum absolute atomic E-state index is 0.0293. The Labute approximate surface area is 255 Å². The highest BCUT2D eigenvalue weighted by Gasteiger charge is 2.29. The first-order chi connectivity index (χ1) is 19.9. The molecule has 9 nitrogen and oxygen atoms in total. The fourth-order valence-corrected chi connectivity index (χ4v) is 6.79. The molecule has 0 spiro atoms. The van der Waals surface area contributed by atoms with Crippen LogP contribution in [0, 0.1) is 6.92 Å². The van der Waals surface area contributed by atoms with E-state index in [-0.39, 0.29) is 31.2 Å². The Morgan fingerprint density at radius 3 is 2.02 bits per heavy atom. The van der Waals surface area contributed by atoms with Gasteiger partial charge in [0.15, 0.2) is 0 Å². The largest absolute Gasteiger partial charge is 0.494 e. The van der Waals surface area contributed by atoms with Crippen LogP contribution in [0.4, 0.5) is 17.1 Å². The molecule has 0 radical (unpaired) electrons. The summed E-state index contributed by atoms with van der Waals surface area (Å²) < 4.78 is 61.7. The Hall–Kier alpha value is -3.77. The van der Waals surface area contributed by atoms with Gasteiger partial charge in [0, 0.05) is 16.4 Å². The molecule has 0 bridgehead atoms. The zero-order valence-corrected chi connectivity index (χ0v) is 25.7. The fraction of sp³-hybridized carbons (Fsp3) is 0.138. The molecular formula is C29H27Cl2N3O6S2. The molecule has 2 N–H and O–H groups in total. The number of carbonyl (C=O) groups excluding carboxylic acids is 1. The Bertz CT molecular complexity index is 1780. The number of aryl methyl sites for hydroxylation is 1. The number of nitrogens with one attached hydrogen (secondary N) is 2. The molecule has 0 aromatic heterocycles. The van der Waals surface area contributed by atoms with Gasteiger partial charge in [0.25, 0.3) is 20.0 Å². The van der Waals surface area contributed by atoms with Crippen LogP contribution in [0.25, 0.3) is 0 Å². The molecule has 0 aliphatic rings. The zero-order valence-electron chi connectivity index (χ0n) is 22.5. The van der Waals surface area contributed by atoms with Crippen molar-refractivity contribution in [3.05, 3.63) is 107 Å². The van der Waals surface area contributed by atoms with E-state index in [4.69, 9.17) is 27.9 Å². The first-order valence-electron chi connectivity index (χ1n) is 12.6. The number of ether oxygens (including phenoxy) is 1. The molecule has 4 aromatic rings. The third-order valence-corrected chi connectivity index (χ3v) is 9.66. The van der Waals surface area contributed by atoms with E-state index in [0.717, 1.165) is 9.87 Å². The van der Waals surface area contributed by atoms with Gasteiger partial charge in [0.2, 0.25) is 5.91 Å². The van der Waals surface area contributed by atoms with Crippen LogP contribution in [0.15, 0.2) is 101 Å². The van der Waals surface area contributed by atoms with E-state index in [1.54, 1.807) is 36.4 Å². The Morgan fingerprint density at radius 2 is 1.40 bits per heavy atom. The Morgan fingerprint density at radius 1 is 0.810 bits per heavy atom. The number of carbonyl (C=O) groups is 1. The molecule has 1 amide bonds. The van der Waals surface area contributed by atoms with Gasteiger partial charge < -0.3 is 10.1 Å². The highest BCUT2D eigenvalue weighted by atomic mass is 35.5. The summed E-state index contributed by atoms with van der Waals surface area (Å²) in [6, 6.07) is 22.4. The molecule has 42 heavy (non-hydrogen) atoms. The van der Waals surface area contributed by atoms with Gasteiger partial charge in [-0.25, -0.2) is 16.8 Å². The maximum absolute atomic E-state index is 13.6. The summed E-state index contributed by atoms with van der Waals surface area (Å²) in [6.45, 7) is 3.53. The minimum atomic E-state index is -4.23. The lowest BCUT2D eigenvalue weighted by atomic mass is 10.2. The molecule has 0 unspecified atom stereocenters. The molecule has 4 rings (SSSR count). The summed E-state index contributed by atoms with van der Waals surface area (Å²) in [6.07, 6.45) is 0. The number of hydrogen-bond acceptors (Lipinski definition) is 6. The first-order valence-corrected chi connectivity index (χ1v) is 16.3. The maximum atomic E-state index is 13.6. The average Bonchev–Trinajstić information content (AvgIpc) is 2.95.